The van der Waals surface area contributed by atoms with E-state index in [1.165, 1.54) is 36.0 Å². The average Bonchev–Trinajstić information content (AvgIpc) is 3.61. The first-order chi connectivity index (χ1) is 23.4. The first-order valence-corrected chi connectivity index (χ1v) is 16.5. The van der Waals surface area contributed by atoms with Gasteiger partial charge in [-0.15, -0.1) is 0 Å². The van der Waals surface area contributed by atoms with Crippen LogP contribution in [0.1, 0.15) is 46.4 Å². The van der Waals surface area contributed by atoms with E-state index < -0.39 is 17.7 Å². The highest BCUT2D eigenvalue weighted by atomic mass is 32.2. The molecule has 0 saturated heterocycles. The molecule has 0 aliphatic heterocycles. The van der Waals surface area contributed by atoms with Crippen molar-refractivity contribution in [1.29, 1.82) is 0 Å². The third-order valence-corrected chi connectivity index (χ3v) is 9.06. The zero-order valence-corrected chi connectivity index (χ0v) is 28.0. The van der Waals surface area contributed by atoms with Crippen molar-refractivity contribution in [1.82, 2.24) is 30.0 Å². The number of thioether (sulfide) groups is 1. The van der Waals surface area contributed by atoms with Crippen molar-refractivity contribution in [3.63, 3.8) is 0 Å². The van der Waals surface area contributed by atoms with Gasteiger partial charge < -0.3 is 14.8 Å². The third-order valence-electron chi connectivity index (χ3n) is 8.12. The van der Waals surface area contributed by atoms with Gasteiger partial charge in [-0.25, -0.2) is 9.37 Å². The maximum absolute atomic E-state index is 14.0. The van der Waals surface area contributed by atoms with Crippen LogP contribution in [0.4, 0.5) is 17.6 Å². The molecule has 13 heteroatoms. The summed E-state index contributed by atoms with van der Waals surface area (Å²) in [4.78, 5) is 38.9. The van der Waals surface area contributed by atoms with Crippen LogP contribution in [0.2, 0.25) is 0 Å². The van der Waals surface area contributed by atoms with E-state index in [1.54, 1.807) is 29.4 Å². The zero-order chi connectivity index (χ0) is 35.1. The predicted octanol–water partition coefficient (Wildman–Crippen LogP) is 6.89. The fourth-order valence-electron chi connectivity index (χ4n) is 5.29. The molecule has 256 valence electrons. The van der Waals surface area contributed by atoms with Gasteiger partial charge >= 0.3 is 6.18 Å². The quantitative estimate of drug-likeness (QED) is 0.0793. The van der Waals surface area contributed by atoms with Crippen LogP contribution in [0.25, 0.3) is 11.1 Å². The van der Waals surface area contributed by atoms with Crippen LogP contribution in [0.5, 0.6) is 0 Å². The second-order valence-corrected chi connectivity index (χ2v) is 12.9. The molecule has 5 aromatic rings. The maximum Gasteiger partial charge on any atom is 0.416 e. The SMILES string of the molecule is CC(c1cn[nH]c1)c1c(CC(=O)N(CCN(C)C)Cc2ccc(-c3ccc(C(F)(F)F)cc3)cc2)nc(SCc2ccc(F)cc2)[nH]c1=O. The summed E-state index contributed by atoms with van der Waals surface area (Å²) < 4.78 is 52.5. The summed E-state index contributed by atoms with van der Waals surface area (Å²) >= 11 is 1.28. The van der Waals surface area contributed by atoms with Crippen LogP contribution < -0.4 is 5.56 Å². The number of hydrogen-bond acceptors (Lipinski definition) is 6. The molecule has 0 fully saturated rings. The van der Waals surface area contributed by atoms with Gasteiger partial charge in [0.1, 0.15) is 5.82 Å². The first kappa shape index (κ1) is 35.6. The van der Waals surface area contributed by atoms with Gasteiger partial charge in [-0.2, -0.15) is 18.3 Å². The highest BCUT2D eigenvalue weighted by Crippen LogP contribution is 2.31. The van der Waals surface area contributed by atoms with Crippen LogP contribution in [-0.2, 0) is 29.7 Å². The van der Waals surface area contributed by atoms with E-state index in [9.17, 15) is 27.2 Å². The molecule has 0 bridgehead atoms. The number of benzene rings is 3. The Morgan fingerprint density at radius 1 is 0.918 bits per heavy atom. The number of likely N-dealkylation sites (N-methyl/N-ethyl adjacent to an activating group) is 1. The Hall–Kier alpha value is -4.75. The highest BCUT2D eigenvalue weighted by Gasteiger charge is 2.30. The number of carbonyl (C=O) groups is 1. The summed E-state index contributed by atoms with van der Waals surface area (Å²) in [6, 6.07) is 18.4. The van der Waals surface area contributed by atoms with Crippen LogP contribution in [-0.4, -0.2) is 63.1 Å². The molecule has 2 heterocycles. The standard InChI is InChI=1S/C36H36F4N6O2S/c1-23(28-19-41-42-20-28)33-31(43-35(44-34(33)48)49-22-25-6-14-30(37)15-7-25)18-32(47)46(17-16-45(2)3)21-24-4-8-26(9-5-24)27-10-12-29(13-11-27)36(38,39)40/h4-15,19-20,23H,16-18,21-22H2,1-3H3,(H,41,42)(H,43,44,48). The molecule has 0 radical (unpaired) electrons. The number of H-pyrrole nitrogens is 2. The van der Waals surface area contributed by atoms with Crippen LogP contribution >= 0.6 is 11.8 Å². The lowest BCUT2D eigenvalue weighted by atomic mass is 9.94. The second kappa shape index (κ2) is 15.6. The number of rotatable bonds is 13. The fraction of sp³-hybridized carbons (Fsp3) is 0.278. The highest BCUT2D eigenvalue weighted by molar-refractivity contribution is 7.98. The van der Waals surface area contributed by atoms with Crippen LogP contribution in [0, 0.1) is 5.82 Å². The van der Waals surface area contributed by atoms with Gasteiger partial charge in [0.05, 0.1) is 23.9 Å². The van der Waals surface area contributed by atoms with E-state index in [0.717, 1.165) is 34.4 Å². The molecule has 2 aromatic heterocycles. The van der Waals surface area contributed by atoms with Gasteiger partial charge in [-0.05, 0) is 66.2 Å². The molecule has 1 amide bonds. The summed E-state index contributed by atoms with van der Waals surface area (Å²) in [5.41, 5.74) is 3.51. The van der Waals surface area contributed by atoms with Crippen molar-refractivity contribution in [2.45, 2.75) is 42.9 Å². The van der Waals surface area contributed by atoms with E-state index in [1.807, 2.05) is 50.2 Å². The molecule has 1 atom stereocenters. The number of nitrogens with zero attached hydrogens (tertiary/aromatic N) is 4. The monoisotopic (exact) mass is 692 g/mol. The molecule has 0 aliphatic rings. The Labute approximate surface area is 285 Å². The average molecular weight is 693 g/mol. The first-order valence-electron chi connectivity index (χ1n) is 15.6. The minimum atomic E-state index is -4.41. The molecule has 1 unspecified atom stereocenters. The Bertz CT molecular complexity index is 1890. The fourth-order valence-corrected chi connectivity index (χ4v) is 6.13. The maximum atomic E-state index is 14.0. The number of amides is 1. The number of nitrogens with one attached hydrogen (secondary N) is 2. The van der Waals surface area contributed by atoms with Crippen molar-refractivity contribution in [3.8, 4) is 11.1 Å². The van der Waals surface area contributed by atoms with Crippen molar-refractivity contribution >= 4 is 17.7 Å². The Kier molecular flexibility index (Phi) is 11.4. The van der Waals surface area contributed by atoms with Crippen molar-refractivity contribution in [3.05, 3.63) is 135 Å². The molecule has 49 heavy (non-hydrogen) atoms. The molecule has 0 spiro atoms. The van der Waals surface area contributed by atoms with Gasteiger partial charge in [0.15, 0.2) is 5.16 Å². The molecular formula is C36H36F4N6O2S. The van der Waals surface area contributed by atoms with Gasteiger partial charge in [0, 0.05) is 43.1 Å². The Balaban J connectivity index is 1.39. The topological polar surface area (TPSA) is 98.0 Å². The number of aromatic amines is 2. The Morgan fingerprint density at radius 2 is 1.55 bits per heavy atom. The van der Waals surface area contributed by atoms with E-state index in [0.29, 0.717) is 40.8 Å². The van der Waals surface area contributed by atoms with Crippen molar-refractivity contribution < 1.29 is 22.4 Å². The van der Waals surface area contributed by atoms with Gasteiger partial charge in [0.25, 0.3) is 5.56 Å². The lowest BCUT2D eigenvalue weighted by Gasteiger charge is -2.25. The summed E-state index contributed by atoms with van der Waals surface area (Å²) in [5, 5.41) is 7.13. The smallest absolute Gasteiger partial charge is 0.337 e. The summed E-state index contributed by atoms with van der Waals surface area (Å²) in [6.07, 6.45) is -1.20. The van der Waals surface area contributed by atoms with E-state index >= 15 is 0 Å². The van der Waals surface area contributed by atoms with E-state index in [2.05, 4.69) is 15.2 Å². The summed E-state index contributed by atoms with van der Waals surface area (Å²) in [6.45, 7) is 3.14. The molecule has 5 rings (SSSR count). The largest absolute Gasteiger partial charge is 0.416 e. The van der Waals surface area contributed by atoms with Gasteiger partial charge in [-0.1, -0.05) is 67.2 Å². The van der Waals surface area contributed by atoms with Crippen LogP contribution in [0.3, 0.4) is 0 Å². The zero-order valence-electron chi connectivity index (χ0n) is 27.2. The molecule has 0 aliphatic carbocycles. The third kappa shape index (κ3) is 9.45. The van der Waals surface area contributed by atoms with Gasteiger partial charge in [0.2, 0.25) is 5.91 Å². The molecule has 2 N–H and O–H groups in total. The predicted molar refractivity (Wildman–Crippen MR) is 181 cm³/mol. The molecular weight excluding hydrogens is 656 g/mol. The van der Waals surface area contributed by atoms with Crippen LogP contribution in [0.15, 0.2) is 95.1 Å². The van der Waals surface area contributed by atoms with E-state index in [-0.39, 0.29) is 30.2 Å². The molecule has 0 saturated carbocycles. The molecule has 3 aromatic carbocycles. The van der Waals surface area contributed by atoms with Gasteiger partial charge in [-0.3, -0.25) is 14.7 Å². The normalized spacial score (nSPS) is 12.3. The number of carbonyl (C=O) groups excluding carboxylic acids is 1. The minimum absolute atomic E-state index is 0.122. The van der Waals surface area contributed by atoms with Crippen molar-refractivity contribution in [2.24, 2.45) is 0 Å². The Morgan fingerprint density at radius 3 is 2.14 bits per heavy atom. The summed E-state index contributed by atoms with van der Waals surface area (Å²) in [7, 11) is 3.82. The van der Waals surface area contributed by atoms with E-state index in [4.69, 9.17) is 4.98 Å². The number of hydrogen-bond donors (Lipinski definition) is 2. The number of alkyl halides is 3. The summed E-state index contributed by atoms with van der Waals surface area (Å²) in [5.74, 6) is -0.526. The molecule has 8 nitrogen and oxygen atoms in total. The van der Waals surface area contributed by atoms with Crippen molar-refractivity contribution in [2.75, 3.05) is 27.2 Å². The lowest BCUT2D eigenvalue weighted by Crippen LogP contribution is -2.38. The lowest BCUT2D eigenvalue weighted by molar-refractivity contribution is -0.137. The minimum Gasteiger partial charge on any atom is -0.337 e. The number of halogens is 4. The number of aromatic nitrogens is 4. The second-order valence-electron chi connectivity index (χ2n) is 12.0.